The molecule has 20 heavy (non-hydrogen) atoms. The summed E-state index contributed by atoms with van der Waals surface area (Å²) >= 11 is 0. The van der Waals surface area contributed by atoms with E-state index in [0.717, 1.165) is 19.5 Å². The van der Waals surface area contributed by atoms with Crippen LogP contribution >= 0.6 is 0 Å². The summed E-state index contributed by atoms with van der Waals surface area (Å²) in [4.78, 5) is 4.84. The summed E-state index contributed by atoms with van der Waals surface area (Å²) in [7, 11) is 4.45. The molecule has 2 aliphatic rings. The van der Waals surface area contributed by atoms with E-state index >= 15 is 0 Å². The molecule has 0 spiro atoms. The Balaban J connectivity index is 2.06. The van der Waals surface area contributed by atoms with Crippen LogP contribution in [0, 0.1) is 0 Å². The molecule has 2 heteroatoms. The molecule has 0 saturated heterocycles. The molecule has 0 fully saturated rings. The van der Waals surface area contributed by atoms with Gasteiger partial charge in [0, 0.05) is 49.7 Å². The second kappa shape index (κ2) is 4.27. The third-order valence-electron chi connectivity index (χ3n) is 4.70. The molecule has 0 N–H and O–H groups in total. The van der Waals surface area contributed by atoms with Crippen molar-refractivity contribution in [3.8, 4) is 11.1 Å². The highest BCUT2D eigenvalue weighted by Crippen LogP contribution is 2.47. The fourth-order valence-electron chi connectivity index (χ4n) is 3.67. The van der Waals surface area contributed by atoms with Gasteiger partial charge in [0.15, 0.2) is 0 Å². The lowest BCUT2D eigenvalue weighted by Gasteiger charge is -2.21. The minimum Gasteiger partial charge on any atom is -0.374 e. The third kappa shape index (κ3) is 1.57. The Morgan fingerprint density at radius 3 is 1.75 bits per heavy atom. The molecule has 1 heterocycles. The van der Waals surface area contributed by atoms with Gasteiger partial charge in [-0.25, -0.2) is 0 Å². The van der Waals surface area contributed by atoms with Gasteiger partial charge in [-0.2, -0.15) is 0 Å². The van der Waals surface area contributed by atoms with Gasteiger partial charge in [-0.1, -0.05) is 24.3 Å². The lowest BCUT2D eigenvalue weighted by atomic mass is 10.0. The molecule has 0 aromatic heterocycles. The summed E-state index contributed by atoms with van der Waals surface area (Å²) < 4.78 is 0. The topological polar surface area (TPSA) is 6.48 Å². The number of hydrogen-bond donors (Lipinski definition) is 0. The molecule has 2 nitrogen and oxygen atoms in total. The highest BCUT2D eigenvalue weighted by Gasteiger charge is 2.27. The Labute approximate surface area is 120 Å². The molecule has 0 bridgehead atoms. The van der Waals surface area contributed by atoms with Crippen molar-refractivity contribution in [1.29, 1.82) is 0 Å². The van der Waals surface area contributed by atoms with Gasteiger partial charge in [-0.05, 0) is 36.1 Å². The number of benzene rings is 2. The fraction of sp³-hybridized carbons (Fsp3) is 0.333. The van der Waals surface area contributed by atoms with Gasteiger partial charge in [0.2, 0.25) is 0 Å². The number of anilines is 2. The van der Waals surface area contributed by atoms with Crippen LogP contribution in [-0.2, 0) is 6.42 Å². The van der Waals surface area contributed by atoms with Crippen molar-refractivity contribution in [3.63, 3.8) is 0 Å². The van der Waals surface area contributed by atoms with E-state index in [4.69, 9.17) is 0 Å². The molecular formula is C18H20N2. The third-order valence-corrected chi connectivity index (χ3v) is 4.70. The molecule has 4 rings (SSSR count). The predicted molar refractivity (Wildman–Crippen MR) is 85.8 cm³/mol. The Kier molecular flexibility index (Phi) is 2.53. The molecule has 0 atom stereocenters. The van der Waals surface area contributed by atoms with E-state index < -0.39 is 0 Å². The summed E-state index contributed by atoms with van der Waals surface area (Å²) in [5, 5.41) is 0. The van der Waals surface area contributed by atoms with Crippen molar-refractivity contribution in [3.05, 3.63) is 47.5 Å². The lowest BCUT2D eigenvalue weighted by molar-refractivity contribution is 0.766. The van der Waals surface area contributed by atoms with Gasteiger partial charge in [0.05, 0.1) is 0 Å². The molecule has 0 amide bonds. The van der Waals surface area contributed by atoms with Crippen LogP contribution in [0.2, 0.25) is 0 Å². The van der Waals surface area contributed by atoms with Gasteiger partial charge in [0.25, 0.3) is 0 Å². The second-order valence-corrected chi connectivity index (χ2v) is 6.00. The van der Waals surface area contributed by atoms with Gasteiger partial charge in [0.1, 0.15) is 0 Å². The van der Waals surface area contributed by atoms with Gasteiger partial charge in [-0.3, -0.25) is 0 Å². The second-order valence-electron chi connectivity index (χ2n) is 6.00. The van der Waals surface area contributed by atoms with E-state index in [1.165, 1.54) is 40.0 Å². The zero-order valence-electron chi connectivity index (χ0n) is 12.2. The van der Waals surface area contributed by atoms with Crippen molar-refractivity contribution in [2.24, 2.45) is 0 Å². The summed E-state index contributed by atoms with van der Waals surface area (Å²) in [6, 6.07) is 13.5. The first kappa shape index (κ1) is 11.8. The highest BCUT2D eigenvalue weighted by atomic mass is 15.1. The quantitative estimate of drug-likeness (QED) is 0.613. The SMILES string of the molecule is CN1CCCN(C)c2cccc3c2-c2c(cccc21)C3. The summed E-state index contributed by atoms with van der Waals surface area (Å²) in [5.74, 6) is 0. The van der Waals surface area contributed by atoms with E-state index in [2.05, 4.69) is 60.3 Å². The summed E-state index contributed by atoms with van der Waals surface area (Å²) in [6.07, 6.45) is 2.27. The normalized spacial score (nSPS) is 16.5. The van der Waals surface area contributed by atoms with E-state index in [0.29, 0.717) is 0 Å². The van der Waals surface area contributed by atoms with Crippen LogP contribution in [0.5, 0.6) is 0 Å². The molecule has 0 radical (unpaired) electrons. The van der Waals surface area contributed by atoms with Gasteiger partial charge >= 0.3 is 0 Å². The van der Waals surface area contributed by atoms with Crippen LogP contribution in [0.1, 0.15) is 17.5 Å². The first-order valence-corrected chi connectivity index (χ1v) is 7.42. The maximum absolute atomic E-state index is 2.42. The standard InChI is InChI=1S/C18H20N2/c1-19-10-5-11-20(2)16-9-4-7-14-12-13-6-3-8-15(19)17(13)18(14)16/h3-4,6-9H,5,10-12H2,1-2H3. The minimum absolute atomic E-state index is 1.08. The van der Waals surface area contributed by atoms with E-state index in [9.17, 15) is 0 Å². The van der Waals surface area contributed by atoms with Crippen LogP contribution in [0.4, 0.5) is 11.4 Å². The van der Waals surface area contributed by atoms with Crippen molar-refractivity contribution >= 4 is 11.4 Å². The molecular weight excluding hydrogens is 244 g/mol. The van der Waals surface area contributed by atoms with Gasteiger partial charge in [-0.15, -0.1) is 0 Å². The van der Waals surface area contributed by atoms with Crippen LogP contribution in [0.25, 0.3) is 11.1 Å². The number of hydrogen-bond acceptors (Lipinski definition) is 2. The predicted octanol–water partition coefficient (Wildman–Crippen LogP) is 3.53. The first-order valence-electron chi connectivity index (χ1n) is 7.42. The Morgan fingerprint density at radius 2 is 1.25 bits per heavy atom. The van der Waals surface area contributed by atoms with Crippen molar-refractivity contribution in [1.82, 2.24) is 0 Å². The number of nitrogens with zero attached hydrogens (tertiary/aromatic N) is 2. The molecule has 1 aliphatic heterocycles. The number of rotatable bonds is 0. The Bertz CT molecular complexity index is 618. The minimum atomic E-state index is 1.08. The van der Waals surface area contributed by atoms with Crippen LogP contribution < -0.4 is 9.80 Å². The summed E-state index contributed by atoms with van der Waals surface area (Å²) in [6.45, 7) is 2.23. The highest BCUT2D eigenvalue weighted by molar-refractivity contribution is 5.94. The smallest absolute Gasteiger partial charge is 0.0447 e. The average molecular weight is 264 g/mol. The lowest BCUT2D eigenvalue weighted by Crippen LogP contribution is -2.24. The zero-order chi connectivity index (χ0) is 13.7. The van der Waals surface area contributed by atoms with E-state index in [-0.39, 0.29) is 0 Å². The molecule has 2 aromatic rings. The van der Waals surface area contributed by atoms with Crippen molar-refractivity contribution in [2.75, 3.05) is 37.0 Å². The van der Waals surface area contributed by atoms with Crippen molar-refractivity contribution in [2.45, 2.75) is 12.8 Å². The molecule has 102 valence electrons. The Hall–Kier alpha value is -1.96. The van der Waals surface area contributed by atoms with Crippen LogP contribution in [-0.4, -0.2) is 27.2 Å². The molecule has 2 aromatic carbocycles. The monoisotopic (exact) mass is 264 g/mol. The first-order chi connectivity index (χ1) is 9.75. The summed E-state index contributed by atoms with van der Waals surface area (Å²) in [5.41, 5.74) is 8.68. The van der Waals surface area contributed by atoms with Crippen molar-refractivity contribution < 1.29 is 0 Å². The largest absolute Gasteiger partial charge is 0.374 e. The average Bonchev–Trinajstić information content (AvgIpc) is 2.85. The van der Waals surface area contributed by atoms with Crippen LogP contribution in [0.3, 0.4) is 0 Å². The van der Waals surface area contributed by atoms with E-state index in [1.54, 1.807) is 0 Å². The van der Waals surface area contributed by atoms with E-state index in [1.807, 2.05) is 0 Å². The van der Waals surface area contributed by atoms with Gasteiger partial charge < -0.3 is 9.80 Å². The fourth-order valence-corrected chi connectivity index (χ4v) is 3.67. The Morgan fingerprint density at radius 1 is 0.750 bits per heavy atom. The molecule has 1 aliphatic carbocycles. The molecule has 0 saturated carbocycles. The molecule has 0 unspecified atom stereocenters. The maximum Gasteiger partial charge on any atom is 0.0447 e. The maximum atomic E-state index is 2.42. The zero-order valence-corrected chi connectivity index (χ0v) is 12.2. The van der Waals surface area contributed by atoms with Crippen LogP contribution in [0.15, 0.2) is 36.4 Å².